The number of imidazole rings is 1. The van der Waals surface area contributed by atoms with Crippen molar-refractivity contribution in [1.82, 2.24) is 24.4 Å². The third kappa shape index (κ3) is 7.26. The summed E-state index contributed by atoms with van der Waals surface area (Å²) in [5.41, 5.74) is 3.92. The van der Waals surface area contributed by atoms with Crippen LogP contribution in [-0.2, 0) is 12.4 Å². The fourth-order valence-electron chi connectivity index (χ4n) is 6.63. The summed E-state index contributed by atoms with van der Waals surface area (Å²) in [6.07, 6.45) is 0.848. The van der Waals surface area contributed by atoms with Crippen molar-refractivity contribution in [3.05, 3.63) is 35.7 Å². The quantitative estimate of drug-likeness (QED) is 0.217. The normalized spacial score (nSPS) is 21.9. The average Bonchev–Trinajstić information content (AvgIpc) is 3.68. The monoisotopic (exact) mass is 653 g/mol. The van der Waals surface area contributed by atoms with Crippen LogP contribution in [0.5, 0.6) is 0 Å². The van der Waals surface area contributed by atoms with Crippen LogP contribution in [-0.4, -0.2) is 61.7 Å². The summed E-state index contributed by atoms with van der Waals surface area (Å²) in [7, 11) is 0. The SMILES string of the molecule is NC1CCC(Nc2nc(NC3CCN(C(=O)Nc4cc(C(F)(F)F)cc(C(F)(F)F)c4)CC3)c3ncn(C4CCCC4)c3n2)CC1. The van der Waals surface area contributed by atoms with Gasteiger partial charge in [-0.15, -0.1) is 0 Å². The van der Waals surface area contributed by atoms with Gasteiger partial charge in [-0.25, -0.2) is 9.78 Å². The van der Waals surface area contributed by atoms with Gasteiger partial charge in [0.1, 0.15) is 0 Å². The molecule has 5 N–H and O–H groups in total. The van der Waals surface area contributed by atoms with Gasteiger partial charge in [-0.3, -0.25) is 0 Å². The number of rotatable bonds is 6. The Kier molecular flexibility index (Phi) is 8.91. The predicted octanol–water partition coefficient (Wildman–Crippen LogP) is 6.77. The Bertz CT molecular complexity index is 1500. The third-order valence-corrected chi connectivity index (χ3v) is 9.21. The first-order valence-corrected chi connectivity index (χ1v) is 15.7. The number of carbonyl (C=O) groups is 1. The van der Waals surface area contributed by atoms with E-state index in [1.54, 1.807) is 0 Å². The average molecular weight is 654 g/mol. The number of anilines is 3. The van der Waals surface area contributed by atoms with Crippen molar-refractivity contribution < 1.29 is 31.1 Å². The lowest BCUT2D eigenvalue weighted by Crippen LogP contribution is -2.44. The molecule has 1 aliphatic heterocycles. The van der Waals surface area contributed by atoms with E-state index in [1.807, 2.05) is 6.33 Å². The molecule has 0 unspecified atom stereocenters. The lowest BCUT2D eigenvalue weighted by molar-refractivity contribution is -0.143. The lowest BCUT2D eigenvalue weighted by Gasteiger charge is -2.33. The summed E-state index contributed by atoms with van der Waals surface area (Å²) in [6.45, 7) is 0.458. The van der Waals surface area contributed by atoms with Crippen molar-refractivity contribution in [2.75, 3.05) is 29.0 Å². The molecule has 1 aromatic carbocycles. The molecular formula is C30H37F6N9O. The van der Waals surface area contributed by atoms with Gasteiger partial charge in [0.25, 0.3) is 0 Å². The van der Waals surface area contributed by atoms with E-state index >= 15 is 0 Å². The van der Waals surface area contributed by atoms with Gasteiger partial charge in [0, 0.05) is 42.9 Å². The molecule has 3 aromatic rings. The van der Waals surface area contributed by atoms with Crippen molar-refractivity contribution >= 4 is 34.6 Å². The van der Waals surface area contributed by atoms with Crippen molar-refractivity contribution in [2.24, 2.45) is 5.73 Å². The van der Waals surface area contributed by atoms with Gasteiger partial charge in [-0.05, 0) is 69.6 Å². The number of nitrogens with one attached hydrogen (secondary N) is 3. The van der Waals surface area contributed by atoms with Crippen LogP contribution < -0.4 is 21.7 Å². The van der Waals surface area contributed by atoms with Crippen LogP contribution >= 0.6 is 0 Å². The minimum absolute atomic E-state index is 0.0270. The maximum atomic E-state index is 13.3. The number of nitrogens with zero attached hydrogens (tertiary/aromatic N) is 5. The van der Waals surface area contributed by atoms with Crippen LogP contribution in [0.4, 0.5) is 48.6 Å². The summed E-state index contributed by atoms with van der Waals surface area (Å²) in [5, 5.41) is 9.18. The number of aromatic nitrogens is 4. The molecule has 3 heterocycles. The molecular weight excluding hydrogens is 616 g/mol. The second-order valence-electron chi connectivity index (χ2n) is 12.5. The van der Waals surface area contributed by atoms with Gasteiger partial charge >= 0.3 is 18.4 Å². The van der Waals surface area contributed by atoms with Crippen LogP contribution in [0.1, 0.15) is 81.4 Å². The first kappa shape index (κ1) is 32.1. The molecule has 46 heavy (non-hydrogen) atoms. The maximum Gasteiger partial charge on any atom is 0.416 e. The van der Waals surface area contributed by atoms with E-state index in [-0.39, 0.29) is 37.3 Å². The highest BCUT2D eigenvalue weighted by molar-refractivity contribution is 5.90. The Balaban J connectivity index is 1.15. The zero-order chi connectivity index (χ0) is 32.6. The Morgan fingerprint density at radius 1 is 0.804 bits per heavy atom. The minimum Gasteiger partial charge on any atom is -0.365 e. The van der Waals surface area contributed by atoms with Gasteiger partial charge < -0.3 is 31.2 Å². The summed E-state index contributed by atoms with van der Waals surface area (Å²) < 4.78 is 81.7. The summed E-state index contributed by atoms with van der Waals surface area (Å²) in [4.78, 5) is 28.6. The standard InChI is InChI=1S/C30H37F6N9O/c31-29(32,33)17-13-18(30(34,35)36)15-22(14-17)41-28(46)44-11-9-21(10-12-44)39-25-24-26(45(16-38-24)23-3-1-2-4-23)43-27(42-25)40-20-7-5-19(37)6-8-20/h13-16,19-21,23H,1-12,37H2,(H,41,46)(H2,39,40,42,43). The lowest BCUT2D eigenvalue weighted by atomic mass is 9.92. The Labute approximate surface area is 261 Å². The van der Waals surface area contributed by atoms with Crippen molar-refractivity contribution in [2.45, 2.75) is 101 Å². The van der Waals surface area contributed by atoms with Gasteiger partial charge in [0.05, 0.1) is 17.5 Å². The molecule has 6 rings (SSSR count). The number of piperidine rings is 1. The third-order valence-electron chi connectivity index (χ3n) is 9.21. The van der Waals surface area contributed by atoms with E-state index in [2.05, 4.69) is 25.5 Å². The van der Waals surface area contributed by atoms with Crippen LogP contribution in [0, 0.1) is 0 Å². The molecule has 2 saturated carbocycles. The van der Waals surface area contributed by atoms with Crippen molar-refractivity contribution in [3.8, 4) is 0 Å². The highest BCUT2D eigenvalue weighted by Gasteiger charge is 2.37. The molecule has 2 aliphatic carbocycles. The highest BCUT2D eigenvalue weighted by Crippen LogP contribution is 2.38. The molecule has 0 spiro atoms. The number of hydrogen-bond donors (Lipinski definition) is 4. The van der Waals surface area contributed by atoms with Gasteiger partial charge in [-0.2, -0.15) is 36.3 Å². The van der Waals surface area contributed by atoms with E-state index in [1.165, 1.54) is 4.90 Å². The number of amides is 2. The van der Waals surface area contributed by atoms with Crippen molar-refractivity contribution in [3.63, 3.8) is 0 Å². The van der Waals surface area contributed by atoms with Gasteiger partial charge in [-0.1, -0.05) is 12.8 Å². The first-order valence-electron chi connectivity index (χ1n) is 15.7. The number of benzene rings is 1. The number of fused-ring (bicyclic) bond motifs is 1. The molecule has 3 fully saturated rings. The van der Waals surface area contributed by atoms with Crippen molar-refractivity contribution in [1.29, 1.82) is 0 Å². The van der Waals surface area contributed by atoms with E-state index in [9.17, 15) is 31.1 Å². The largest absolute Gasteiger partial charge is 0.416 e. The number of halogens is 6. The number of carbonyl (C=O) groups excluding carboxylic acids is 1. The van der Waals surface area contributed by atoms with E-state index in [0.717, 1.165) is 57.0 Å². The Morgan fingerprint density at radius 3 is 2.02 bits per heavy atom. The summed E-state index contributed by atoms with van der Waals surface area (Å²) in [6, 6.07) is 0.878. The molecule has 0 radical (unpaired) electrons. The Morgan fingerprint density at radius 2 is 1.41 bits per heavy atom. The van der Waals surface area contributed by atoms with Crippen LogP contribution in [0.25, 0.3) is 11.2 Å². The van der Waals surface area contributed by atoms with Crippen LogP contribution in [0.2, 0.25) is 0 Å². The molecule has 2 amide bonds. The zero-order valence-electron chi connectivity index (χ0n) is 25.1. The number of hydrogen-bond acceptors (Lipinski definition) is 7. The first-order chi connectivity index (χ1) is 21.8. The maximum absolute atomic E-state index is 13.3. The fraction of sp³-hybridized carbons (Fsp3) is 0.600. The van der Waals surface area contributed by atoms with E-state index in [0.29, 0.717) is 48.3 Å². The molecule has 1 saturated heterocycles. The molecule has 250 valence electrons. The van der Waals surface area contributed by atoms with E-state index in [4.69, 9.17) is 15.7 Å². The summed E-state index contributed by atoms with van der Waals surface area (Å²) in [5.74, 6) is 1.08. The highest BCUT2D eigenvalue weighted by atomic mass is 19.4. The van der Waals surface area contributed by atoms with Gasteiger partial charge in [0.15, 0.2) is 17.0 Å². The topological polar surface area (TPSA) is 126 Å². The second kappa shape index (κ2) is 12.8. The van der Waals surface area contributed by atoms with Crippen LogP contribution in [0.15, 0.2) is 24.5 Å². The van der Waals surface area contributed by atoms with E-state index < -0.39 is 35.2 Å². The van der Waals surface area contributed by atoms with Gasteiger partial charge in [0.2, 0.25) is 5.95 Å². The number of urea groups is 1. The molecule has 10 nitrogen and oxygen atoms in total. The predicted molar refractivity (Wildman–Crippen MR) is 160 cm³/mol. The number of likely N-dealkylation sites (tertiary alicyclic amines) is 1. The molecule has 0 bridgehead atoms. The molecule has 3 aliphatic rings. The number of nitrogens with two attached hydrogens (primary N) is 1. The molecule has 0 atom stereocenters. The van der Waals surface area contributed by atoms with Crippen LogP contribution in [0.3, 0.4) is 0 Å². The second-order valence-corrected chi connectivity index (χ2v) is 12.5. The zero-order valence-corrected chi connectivity index (χ0v) is 25.1. The molecule has 16 heteroatoms. The number of alkyl halides is 6. The summed E-state index contributed by atoms with van der Waals surface area (Å²) >= 11 is 0. The smallest absolute Gasteiger partial charge is 0.365 e. The fourth-order valence-corrected chi connectivity index (χ4v) is 6.63. The minimum atomic E-state index is -5.01. The Hall–Kier alpha value is -3.82. The molecule has 2 aromatic heterocycles.